The van der Waals surface area contributed by atoms with E-state index < -0.39 is 0 Å². The van der Waals surface area contributed by atoms with Crippen molar-refractivity contribution in [3.63, 3.8) is 0 Å². The van der Waals surface area contributed by atoms with Crippen molar-refractivity contribution in [2.75, 3.05) is 12.3 Å². The van der Waals surface area contributed by atoms with Crippen LogP contribution >= 0.6 is 0 Å². The molecule has 19 heavy (non-hydrogen) atoms. The molecule has 2 rings (SSSR count). The van der Waals surface area contributed by atoms with Gasteiger partial charge in [-0.05, 0) is 35.7 Å². The van der Waals surface area contributed by atoms with E-state index in [9.17, 15) is 0 Å². The van der Waals surface area contributed by atoms with Gasteiger partial charge in [-0.25, -0.2) is 0 Å². The maximum Gasteiger partial charge on any atom is 0.0991 e. The molecule has 0 spiro atoms. The van der Waals surface area contributed by atoms with Crippen LogP contribution < -0.4 is 5.73 Å². The van der Waals surface area contributed by atoms with Crippen molar-refractivity contribution in [1.82, 2.24) is 0 Å². The number of nitrogen functional groups attached to an aromatic ring is 1. The van der Waals surface area contributed by atoms with Gasteiger partial charge in [-0.15, -0.1) is 0 Å². The molecular weight excluding hydrogens is 236 g/mol. The maximum absolute atomic E-state index is 8.81. The van der Waals surface area contributed by atoms with E-state index in [1.807, 2.05) is 42.5 Å². The Labute approximate surface area is 113 Å². The second-order valence-electron chi connectivity index (χ2n) is 4.31. The number of para-hydroxylation sites is 1. The molecule has 0 aliphatic carbocycles. The monoisotopic (exact) mass is 252 g/mol. The smallest absolute Gasteiger partial charge is 0.0991 e. The molecule has 0 saturated carbocycles. The normalized spacial score (nSPS) is 10.1. The molecule has 0 fully saturated rings. The van der Waals surface area contributed by atoms with Crippen LogP contribution in [-0.4, -0.2) is 6.61 Å². The van der Waals surface area contributed by atoms with Crippen molar-refractivity contribution < 1.29 is 4.74 Å². The van der Waals surface area contributed by atoms with Crippen molar-refractivity contribution in [2.45, 2.75) is 13.0 Å². The molecule has 3 nitrogen and oxygen atoms in total. The lowest BCUT2D eigenvalue weighted by molar-refractivity contribution is 0.124. The molecule has 0 heterocycles. The molecule has 0 bridgehead atoms. The third-order valence-electron chi connectivity index (χ3n) is 2.90. The van der Waals surface area contributed by atoms with Gasteiger partial charge in [-0.1, -0.05) is 30.3 Å². The minimum Gasteiger partial charge on any atom is -0.399 e. The number of nitrogens with zero attached hydrogens (tertiary/aromatic N) is 1. The average Bonchev–Trinajstić information content (AvgIpc) is 2.45. The second kappa shape index (κ2) is 6.58. The molecule has 2 N–H and O–H groups in total. The van der Waals surface area contributed by atoms with Crippen molar-refractivity contribution in [2.24, 2.45) is 0 Å². The quantitative estimate of drug-likeness (QED) is 0.657. The third kappa shape index (κ3) is 3.84. The highest BCUT2D eigenvalue weighted by atomic mass is 16.5. The predicted molar refractivity (Wildman–Crippen MR) is 75.4 cm³/mol. The fourth-order valence-electron chi connectivity index (χ4n) is 1.86. The molecule has 3 heteroatoms. The summed E-state index contributed by atoms with van der Waals surface area (Å²) in [6, 6.07) is 17.4. The zero-order valence-electron chi connectivity index (χ0n) is 10.7. The van der Waals surface area contributed by atoms with Gasteiger partial charge >= 0.3 is 0 Å². The van der Waals surface area contributed by atoms with Crippen LogP contribution in [-0.2, 0) is 17.8 Å². The summed E-state index contributed by atoms with van der Waals surface area (Å²) >= 11 is 0. The van der Waals surface area contributed by atoms with Crippen LogP contribution in [0.2, 0.25) is 0 Å². The Morgan fingerprint density at radius 2 is 1.95 bits per heavy atom. The highest BCUT2D eigenvalue weighted by Crippen LogP contribution is 2.11. The SMILES string of the molecule is N#Cc1cccc(COCCc2ccccc2N)c1. The number of benzene rings is 2. The van der Waals surface area contributed by atoms with E-state index in [2.05, 4.69) is 6.07 Å². The van der Waals surface area contributed by atoms with Gasteiger partial charge in [-0.3, -0.25) is 0 Å². The number of hydrogen-bond donors (Lipinski definition) is 1. The van der Waals surface area contributed by atoms with Gasteiger partial charge < -0.3 is 10.5 Å². The molecule has 0 amide bonds. The van der Waals surface area contributed by atoms with Gasteiger partial charge in [-0.2, -0.15) is 5.26 Å². The number of hydrogen-bond acceptors (Lipinski definition) is 3. The fraction of sp³-hybridized carbons (Fsp3) is 0.188. The summed E-state index contributed by atoms with van der Waals surface area (Å²) < 4.78 is 5.61. The Hall–Kier alpha value is -2.31. The number of ether oxygens (including phenoxy) is 1. The number of nitrogens with two attached hydrogens (primary N) is 1. The fourth-order valence-corrected chi connectivity index (χ4v) is 1.86. The lowest BCUT2D eigenvalue weighted by Gasteiger charge is -2.07. The minimum absolute atomic E-state index is 0.516. The molecule has 0 aliphatic rings. The summed E-state index contributed by atoms with van der Waals surface area (Å²) in [6.07, 6.45) is 0.796. The summed E-state index contributed by atoms with van der Waals surface area (Å²) in [5, 5.41) is 8.81. The molecule has 2 aromatic rings. The summed E-state index contributed by atoms with van der Waals surface area (Å²) in [6.45, 7) is 1.13. The lowest BCUT2D eigenvalue weighted by atomic mass is 10.1. The van der Waals surface area contributed by atoms with Gasteiger partial charge in [0.25, 0.3) is 0 Å². The van der Waals surface area contributed by atoms with E-state index in [0.29, 0.717) is 18.8 Å². The van der Waals surface area contributed by atoms with Gasteiger partial charge in [0.1, 0.15) is 0 Å². The van der Waals surface area contributed by atoms with Crippen molar-refractivity contribution in [3.05, 3.63) is 65.2 Å². The third-order valence-corrected chi connectivity index (χ3v) is 2.90. The first kappa shape index (κ1) is 13.1. The van der Waals surface area contributed by atoms with E-state index >= 15 is 0 Å². The maximum atomic E-state index is 8.81. The zero-order valence-corrected chi connectivity index (χ0v) is 10.7. The zero-order chi connectivity index (χ0) is 13.5. The Morgan fingerprint density at radius 1 is 1.11 bits per heavy atom. The Kier molecular flexibility index (Phi) is 4.54. The van der Waals surface area contributed by atoms with Crippen molar-refractivity contribution in [3.8, 4) is 6.07 Å². The van der Waals surface area contributed by atoms with Crippen LogP contribution in [0.1, 0.15) is 16.7 Å². The standard InChI is InChI=1S/C16H16N2O/c17-11-13-4-3-5-14(10-13)12-19-9-8-15-6-1-2-7-16(15)18/h1-7,10H,8-9,12,18H2. The first-order valence-electron chi connectivity index (χ1n) is 6.20. The first-order chi connectivity index (χ1) is 9.29. The van der Waals surface area contributed by atoms with Gasteiger partial charge in [0.15, 0.2) is 0 Å². The van der Waals surface area contributed by atoms with Crippen LogP contribution in [0.15, 0.2) is 48.5 Å². The van der Waals surface area contributed by atoms with E-state index in [0.717, 1.165) is 23.2 Å². The molecule has 0 unspecified atom stereocenters. The van der Waals surface area contributed by atoms with E-state index in [1.165, 1.54) is 0 Å². The lowest BCUT2D eigenvalue weighted by Crippen LogP contribution is -2.01. The molecule has 2 aromatic carbocycles. The predicted octanol–water partition coefficient (Wildman–Crippen LogP) is 2.90. The summed E-state index contributed by atoms with van der Waals surface area (Å²) in [5.74, 6) is 0. The highest BCUT2D eigenvalue weighted by Gasteiger charge is 1.99. The molecule has 0 aliphatic heterocycles. The topological polar surface area (TPSA) is 59.0 Å². The average molecular weight is 252 g/mol. The molecule has 96 valence electrons. The largest absolute Gasteiger partial charge is 0.399 e. The van der Waals surface area contributed by atoms with Crippen molar-refractivity contribution >= 4 is 5.69 Å². The molecule has 0 radical (unpaired) electrons. The van der Waals surface area contributed by atoms with Gasteiger partial charge in [0, 0.05) is 5.69 Å². The Morgan fingerprint density at radius 3 is 2.74 bits per heavy atom. The molecule has 0 aromatic heterocycles. The van der Waals surface area contributed by atoms with Crippen LogP contribution in [0.3, 0.4) is 0 Å². The summed E-state index contributed by atoms with van der Waals surface area (Å²) in [5.41, 5.74) is 9.44. The second-order valence-corrected chi connectivity index (χ2v) is 4.31. The molecule has 0 saturated heterocycles. The molecule has 0 atom stereocenters. The van der Waals surface area contributed by atoms with Crippen LogP contribution in [0, 0.1) is 11.3 Å². The van der Waals surface area contributed by atoms with E-state index in [-0.39, 0.29) is 0 Å². The Balaban J connectivity index is 1.81. The Bertz CT molecular complexity index is 587. The van der Waals surface area contributed by atoms with Crippen LogP contribution in [0.4, 0.5) is 5.69 Å². The van der Waals surface area contributed by atoms with Crippen molar-refractivity contribution in [1.29, 1.82) is 5.26 Å². The minimum atomic E-state index is 0.516. The van der Waals surface area contributed by atoms with Gasteiger partial charge in [0.2, 0.25) is 0 Å². The number of rotatable bonds is 5. The summed E-state index contributed by atoms with van der Waals surface area (Å²) in [4.78, 5) is 0. The summed E-state index contributed by atoms with van der Waals surface area (Å²) in [7, 11) is 0. The van der Waals surface area contributed by atoms with Crippen LogP contribution in [0.25, 0.3) is 0 Å². The van der Waals surface area contributed by atoms with E-state index in [4.69, 9.17) is 15.7 Å². The number of nitriles is 1. The van der Waals surface area contributed by atoms with Crippen LogP contribution in [0.5, 0.6) is 0 Å². The van der Waals surface area contributed by atoms with Gasteiger partial charge in [0.05, 0.1) is 24.8 Å². The first-order valence-corrected chi connectivity index (χ1v) is 6.20. The molecular formula is C16H16N2O. The highest BCUT2D eigenvalue weighted by molar-refractivity contribution is 5.46. The number of anilines is 1. The van der Waals surface area contributed by atoms with E-state index in [1.54, 1.807) is 6.07 Å².